The van der Waals surface area contributed by atoms with E-state index in [9.17, 15) is 9.59 Å². The largest absolute Gasteiger partial charge is 0.445 e. The van der Waals surface area contributed by atoms with Crippen LogP contribution in [0.25, 0.3) is 0 Å². The van der Waals surface area contributed by atoms with Gasteiger partial charge in [-0.25, -0.2) is 9.59 Å². The number of hydrogen-bond donors (Lipinski definition) is 1. The van der Waals surface area contributed by atoms with Gasteiger partial charge in [-0.3, -0.25) is 0 Å². The molecular formula is C17H23N3O3. The second-order valence-electron chi connectivity index (χ2n) is 6.15. The van der Waals surface area contributed by atoms with Crippen LogP contribution in [0.4, 0.5) is 9.59 Å². The average Bonchev–Trinajstić information content (AvgIpc) is 2.99. The Labute approximate surface area is 136 Å². The number of rotatable bonds is 4. The fraction of sp³-hybridized carbons (Fsp3) is 0.529. The van der Waals surface area contributed by atoms with E-state index in [1.807, 2.05) is 35.2 Å². The van der Waals surface area contributed by atoms with Gasteiger partial charge in [0.2, 0.25) is 0 Å². The van der Waals surface area contributed by atoms with Crippen LogP contribution in [0.1, 0.15) is 18.4 Å². The molecule has 124 valence electrons. The van der Waals surface area contributed by atoms with Crippen molar-refractivity contribution in [3.8, 4) is 0 Å². The lowest BCUT2D eigenvalue weighted by Gasteiger charge is -2.33. The maximum Gasteiger partial charge on any atom is 0.410 e. The SMILES string of the molecule is O=C1NCCN1CC1CCN(C(=O)OCc2ccccc2)CC1. The van der Waals surface area contributed by atoms with Gasteiger partial charge in [0.1, 0.15) is 6.61 Å². The minimum atomic E-state index is -0.244. The Balaban J connectivity index is 1.39. The van der Waals surface area contributed by atoms with Gasteiger partial charge in [-0.1, -0.05) is 30.3 Å². The van der Waals surface area contributed by atoms with Crippen molar-refractivity contribution < 1.29 is 14.3 Å². The van der Waals surface area contributed by atoms with E-state index < -0.39 is 0 Å². The minimum absolute atomic E-state index is 0.0368. The maximum atomic E-state index is 12.1. The molecule has 0 atom stereocenters. The molecule has 2 fully saturated rings. The van der Waals surface area contributed by atoms with E-state index in [2.05, 4.69) is 5.32 Å². The summed E-state index contributed by atoms with van der Waals surface area (Å²) < 4.78 is 5.37. The van der Waals surface area contributed by atoms with Gasteiger partial charge in [0, 0.05) is 32.7 Å². The molecule has 23 heavy (non-hydrogen) atoms. The number of amides is 3. The molecule has 0 aromatic heterocycles. The normalized spacial score (nSPS) is 18.9. The number of carbonyl (C=O) groups is 2. The van der Waals surface area contributed by atoms with E-state index in [0.717, 1.165) is 38.0 Å². The van der Waals surface area contributed by atoms with Gasteiger partial charge >= 0.3 is 12.1 Å². The Bertz CT molecular complexity index is 541. The lowest BCUT2D eigenvalue weighted by molar-refractivity contribution is 0.0794. The summed E-state index contributed by atoms with van der Waals surface area (Å²) in [6.07, 6.45) is 1.60. The first-order chi connectivity index (χ1) is 11.2. The van der Waals surface area contributed by atoms with Crippen LogP contribution in [0.2, 0.25) is 0 Å². The third-order valence-electron chi connectivity index (χ3n) is 4.50. The number of nitrogens with zero attached hydrogens (tertiary/aromatic N) is 2. The highest BCUT2D eigenvalue weighted by atomic mass is 16.6. The molecule has 0 spiro atoms. The summed E-state index contributed by atoms with van der Waals surface area (Å²) in [6.45, 7) is 4.04. The first-order valence-corrected chi connectivity index (χ1v) is 8.21. The van der Waals surface area contributed by atoms with Crippen LogP contribution in [0.5, 0.6) is 0 Å². The molecule has 1 aromatic rings. The quantitative estimate of drug-likeness (QED) is 0.924. The molecule has 0 aliphatic carbocycles. The van der Waals surface area contributed by atoms with Crippen LogP contribution in [0, 0.1) is 5.92 Å². The summed E-state index contributed by atoms with van der Waals surface area (Å²) in [5.74, 6) is 0.469. The van der Waals surface area contributed by atoms with Crippen molar-refractivity contribution in [2.75, 3.05) is 32.7 Å². The number of piperidine rings is 1. The van der Waals surface area contributed by atoms with E-state index in [-0.39, 0.29) is 12.1 Å². The number of likely N-dealkylation sites (tertiary alicyclic amines) is 1. The molecule has 0 bridgehead atoms. The van der Waals surface area contributed by atoms with E-state index in [0.29, 0.717) is 25.6 Å². The molecule has 3 rings (SSSR count). The number of carbonyl (C=O) groups excluding carboxylic acids is 2. The maximum absolute atomic E-state index is 12.1. The molecule has 1 aromatic carbocycles. The summed E-state index contributed by atoms with van der Waals surface area (Å²) in [5.41, 5.74) is 0.996. The Kier molecular flexibility index (Phi) is 5.00. The third kappa shape index (κ3) is 4.15. The smallest absolute Gasteiger partial charge is 0.410 e. The molecule has 6 heteroatoms. The van der Waals surface area contributed by atoms with Gasteiger partial charge in [0.05, 0.1) is 0 Å². The van der Waals surface area contributed by atoms with Gasteiger partial charge in [0.25, 0.3) is 0 Å². The first-order valence-electron chi connectivity index (χ1n) is 8.21. The van der Waals surface area contributed by atoms with Gasteiger partial charge < -0.3 is 19.9 Å². The highest BCUT2D eigenvalue weighted by Gasteiger charge is 2.28. The zero-order valence-electron chi connectivity index (χ0n) is 13.2. The number of benzene rings is 1. The van der Waals surface area contributed by atoms with Crippen molar-refractivity contribution in [2.45, 2.75) is 19.4 Å². The zero-order valence-corrected chi connectivity index (χ0v) is 13.2. The van der Waals surface area contributed by atoms with Crippen LogP contribution >= 0.6 is 0 Å². The van der Waals surface area contributed by atoms with Crippen LogP contribution < -0.4 is 5.32 Å². The molecule has 6 nitrogen and oxygen atoms in total. The van der Waals surface area contributed by atoms with Crippen LogP contribution in [-0.2, 0) is 11.3 Å². The van der Waals surface area contributed by atoms with Gasteiger partial charge in [-0.05, 0) is 24.3 Å². The fourth-order valence-corrected chi connectivity index (χ4v) is 3.11. The third-order valence-corrected chi connectivity index (χ3v) is 4.50. The van der Waals surface area contributed by atoms with E-state index >= 15 is 0 Å². The molecule has 2 heterocycles. The molecule has 0 radical (unpaired) electrons. The predicted octanol–water partition coefficient (Wildman–Crippen LogP) is 2.06. The average molecular weight is 317 g/mol. The first kappa shape index (κ1) is 15.6. The summed E-state index contributed by atoms with van der Waals surface area (Å²) in [5, 5.41) is 2.82. The number of ether oxygens (including phenoxy) is 1. The van der Waals surface area contributed by atoms with Crippen LogP contribution in [0.15, 0.2) is 30.3 Å². The zero-order chi connectivity index (χ0) is 16.1. The molecule has 0 unspecified atom stereocenters. The highest BCUT2D eigenvalue weighted by molar-refractivity contribution is 5.76. The Morgan fingerprint density at radius 3 is 2.57 bits per heavy atom. The number of urea groups is 1. The standard InChI is InChI=1S/C17H23N3O3/c21-16-18-8-11-20(16)12-14-6-9-19(10-7-14)17(22)23-13-15-4-2-1-3-5-15/h1-5,14H,6-13H2,(H,18,21). The van der Waals surface area contributed by atoms with Crippen molar-refractivity contribution >= 4 is 12.1 Å². The molecule has 2 aliphatic heterocycles. The van der Waals surface area contributed by atoms with Gasteiger partial charge in [0.15, 0.2) is 0 Å². The molecule has 0 saturated carbocycles. The van der Waals surface area contributed by atoms with Crippen molar-refractivity contribution in [3.05, 3.63) is 35.9 Å². The van der Waals surface area contributed by atoms with Gasteiger partial charge in [-0.2, -0.15) is 0 Å². The predicted molar refractivity (Wildman–Crippen MR) is 85.9 cm³/mol. The van der Waals surface area contributed by atoms with Crippen molar-refractivity contribution in [1.82, 2.24) is 15.1 Å². The Morgan fingerprint density at radius 1 is 1.17 bits per heavy atom. The summed E-state index contributed by atoms with van der Waals surface area (Å²) >= 11 is 0. The van der Waals surface area contributed by atoms with Crippen molar-refractivity contribution in [1.29, 1.82) is 0 Å². The molecule has 1 N–H and O–H groups in total. The lowest BCUT2D eigenvalue weighted by atomic mass is 9.96. The van der Waals surface area contributed by atoms with Crippen molar-refractivity contribution in [3.63, 3.8) is 0 Å². The molecule has 2 aliphatic rings. The summed E-state index contributed by atoms with van der Waals surface area (Å²) in [4.78, 5) is 27.3. The van der Waals surface area contributed by atoms with Crippen LogP contribution in [-0.4, -0.2) is 54.6 Å². The highest BCUT2D eigenvalue weighted by Crippen LogP contribution is 2.20. The summed E-state index contributed by atoms with van der Waals surface area (Å²) in [6, 6.07) is 9.74. The fourth-order valence-electron chi connectivity index (χ4n) is 3.11. The lowest BCUT2D eigenvalue weighted by Crippen LogP contribution is -2.42. The van der Waals surface area contributed by atoms with Crippen LogP contribution in [0.3, 0.4) is 0 Å². The number of hydrogen-bond acceptors (Lipinski definition) is 3. The van der Waals surface area contributed by atoms with E-state index in [1.54, 1.807) is 4.90 Å². The monoisotopic (exact) mass is 317 g/mol. The Hall–Kier alpha value is -2.24. The second-order valence-corrected chi connectivity index (χ2v) is 6.15. The molecule has 2 saturated heterocycles. The second kappa shape index (κ2) is 7.35. The molecular weight excluding hydrogens is 294 g/mol. The minimum Gasteiger partial charge on any atom is -0.445 e. The van der Waals surface area contributed by atoms with Gasteiger partial charge in [-0.15, -0.1) is 0 Å². The van der Waals surface area contributed by atoms with E-state index in [1.165, 1.54) is 0 Å². The number of nitrogens with one attached hydrogen (secondary N) is 1. The topological polar surface area (TPSA) is 61.9 Å². The summed E-state index contributed by atoms with van der Waals surface area (Å²) in [7, 11) is 0. The Morgan fingerprint density at radius 2 is 1.91 bits per heavy atom. The molecule has 3 amide bonds. The van der Waals surface area contributed by atoms with E-state index in [4.69, 9.17) is 4.74 Å². The van der Waals surface area contributed by atoms with Crippen molar-refractivity contribution in [2.24, 2.45) is 5.92 Å².